The second kappa shape index (κ2) is 6.02. The number of carbonyl (C=O) groups excluding carboxylic acids is 3. The molecule has 0 radical (unpaired) electrons. The van der Waals surface area contributed by atoms with Crippen LogP contribution in [0.15, 0.2) is 18.2 Å². The second-order valence-electron chi connectivity index (χ2n) is 6.00. The Labute approximate surface area is 135 Å². The van der Waals surface area contributed by atoms with Gasteiger partial charge in [0.1, 0.15) is 11.8 Å². The third-order valence-corrected chi connectivity index (χ3v) is 4.41. The number of fused-ring (bicyclic) bond motifs is 1. The zero-order valence-corrected chi connectivity index (χ0v) is 13.4. The first-order valence-electron chi connectivity index (χ1n) is 7.87. The van der Waals surface area contributed by atoms with Gasteiger partial charge in [0.25, 0.3) is 5.91 Å². The Bertz CT molecular complexity index is 665. The van der Waals surface area contributed by atoms with E-state index in [0.717, 1.165) is 25.9 Å². The van der Waals surface area contributed by atoms with E-state index < -0.39 is 6.04 Å². The zero-order chi connectivity index (χ0) is 16.6. The molecule has 2 heterocycles. The van der Waals surface area contributed by atoms with Gasteiger partial charge in [-0.3, -0.25) is 19.3 Å². The van der Waals surface area contributed by atoms with Crippen molar-refractivity contribution < 1.29 is 19.1 Å². The molecule has 0 saturated carbocycles. The summed E-state index contributed by atoms with van der Waals surface area (Å²) >= 11 is 0. The Morgan fingerprint density at radius 3 is 2.57 bits per heavy atom. The summed E-state index contributed by atoms with van der Waals surface area (Å²) in [6.07, 6.45) is 2.00. The molecule has 0 spiro atoms. The van der Waals surface area contributed by atoms with E-state index in [1.807, 2.05) is 0 Å². The van der Waals surface area contributed by atoms with E-state index in [-0.39, 0.29) is 24.2 Å². The van der Waals surface area contributed by atoms with Crippen LogP contribution in [-0.2, 0) is 9.59 Å². The molecule has 0 N–H and O–H groups in total. The summed E-state index contributed by atoms with van der Waals surface area (Å²) in [7, 11) is 0. The molecular formula is C17H20N2O4. The first kappa shape index (κ1) is 15.5. The zero-order valence-electron chi connectivity index (χ0n) is 13.4. The molecule has 23 heavy (non-hydrogen) atoms. The maximum atomic E-state index is 12.6. The van der Waals surface area contributed by atoms with Gasteiger partial charge in [0.05, 0.1) is 5.69 Å². The van der Waals surface area contributed by atoms with Crippen LogP contribution in [0.2, 0.25) is 0 Å². The molecule has 1 aromatic rings. The average molecular weight is 316 g/mol. The van der Waals surface area contributed by atoms with E-state index >= 15 is 0 Å². The van der Waals surface area contributed by atoms with Crippen molar-refractivity contribution in [3.63, 3.8) is 0 Å². The third kappa shape index (κ3) is 2.81. The van der Waals surface area contributed by atoms with Crippen molar-refractivity contribution in [2.45, 2.75) is 32.7 Å². The number of benzene rings is 1. The molecule has 6 heteroatoms. The predicted octanol–water partition coefficient (Wildman–Crippen LogP) is 1.63. The minimum absolute atomic E-state index is 0.0584. The highest BCUT2D eigenvalue weighted by Gasteiger charge is 2.35. The molecule has 1 atom stereocenters. The molecule has 1 aromatic carbocycles. The van der Waals surface area contributed by atoms with E-state index in [9.17, 15) is 14.4 Å². The minimum Gasteiger partial charge on any atom is -0.482 e. The summed E-state index contributed by atoms with van der Waals surface area (Å²) in [5.41, 5.74) is 0.988. The highest BCUT2D eigenvalue weighted by molar-refractivity contribution is 6.05. The van der Waals surface area contributed by atoms with E-state index in [0.29, 0.717) is 17.0 Å². The van der Waals surface area contributed by atoms with Crippen LogP contribution in [0, 0.1) is 0 Å². The number of nitrogens with zero attached hydrogens (tertiary/aromatic N) is 2. The van der Waals surface area contributed by atoms with Crippen LogP contribution in [-0.4, -0.2) is 48.2 Å². The number of ketones is 1. The Hall–Kier alpha value is -2.37. The molecule has 3 rings (SSSR count). The monoisotopic (exact) mass is 316 g/mol. The van der Waals surface area contributed by atoms with Crippen LogP contribution < -0.4 is 9.64 Å². The standard InChI is InChI=1S/C17H20N2O4/c1-11(17(22)18-7-3-4-8-18)19-14-9-13(12(2)20)5-6-15(14)23-10-16(19)21/h5-6,9,11H,3-4,7-8,10H2,1-2H3. The fourth-order valence-electron chi connectivity index (χ4n) is 3.13. The van der Waals surface area contributed by atoms with Gasteiger partial charge in [-0.25, -0.2) is 0 Å². The lowest BCUT2D eigenvalue weighted by Crippen LogP contribution is -2.52. The molecule has 1 fully saturated rings. The van der Waals surface area contributed by atoms with Crippen molar-refractivity contribution >= 4 is 23.3 Å². The molecule has 0 aromatic heterocycles. The summed E-state index contributed by atoms with van der Waals surface area (Å²) in [5, 5.41) is 0. The van der Waals surface area contributed by atoms with Crippen LogP contribution in [0.1, 0.15) is 37.0 Å². The maximum Gasteiger partial charge on any atom is 0.265 e. The van der Waals surface area contributed by atoms with Gasteiger partial charge in [0.15, 0.2) is 12.4 Å². The molecule has 6 nitrogen and oxygen atoms in total. The number of hydrogen-bond acceptors (Lipinski definition) is 4. The number of likely N-dealkylation sites (tertiary alicyclic amines) is 1. The quantitative estimate of drug-likeness (QED) is 0.795. The number of rotatable bonds is 3. The van der Waals surface area contributed by atoms with E-state index in [1.165, 1.54) is 11.8 Å². The van der Waals surface area contributed by atoms with Gasteiger partial charge in [0, 0.05) is 18.7 Å². The highest BCUT2D eigenvalue weighted by atomic mass is 16.5. The largest absolute Gasteiger partial charge is 0.482 e. The van der Waals surface area contributed by atoms with Gasteiger partial charge in [-0.1, -0.05) is 0 Å². The smallest absolute Gasteiger partial charge is 0.265 e. The van der Waals surface area contributed by atoms with E-state index in [1.54, 1.807) is 30.0 Å². The molecule has 1 saturated heterocycles. The summed E-state index contributed by atoms with van der Waals surface area (Å²) in [5.74, 6) is 0.107. The number of carbonyl (C=O) groups is 3. The number of hydrogen-bond donors (Lipinski definition) is 0. The molecule has 0 aliphatic carbocycles. The van der Waals surface area contributed by atoms with Gasteiger partial charge in [-0.05, 0) is 44.9 Å². The first-order valence-corrected chi connectivity index (χ1v) is 7.87. The summed E-state index contributed by atoms with van der Waals surface area (Å²) in [4.78, 5) is 39.9. The maximum absolute atomic E-state index is 12.6. The summed E-state index contributed by atoms with van der Waals surface area (Å²) in [6.45, 7) is 4.58. The number of amides is 2. The first-order chi connectivity index (χ1) is 11.0. The minimum atomic E-state index is -0.606. The van der Waals surface area contributed by atoms with Crippen LogP contribution in [0.3, 0.4) is 0 Å². The van der Waals surface area contributed by atoms with Gasteiger partial charge < -0.3 is 9.64 Å². The van der Waals surface area contributed by atoms with Crippen molar-refractivity contribution in [3.8, 4) is 5.75 Å². The lowest BCUT2D eigenvalue weighted by molar-refractivity contribution is -0.133. The fourth-order valence-corrected chi connectivity index (χ4v) is 3.13. The second-order valence-corrected chi connectivity index (χ2v) is 6.00. The van der Waals surface area contributed by atoms with Crippen molar-refractivity contribution in [2.75, 3.05) is 24.6 Å². The number of Topliss-reactive ketones (excluding diaryl/α,β-unsaturated/α-hetero) is 1. The average Bonchev–Trinajstić information content (AvgIpc) is 3.07. The SMILES string of the molecule is CC(=O)c1ccc2c(c1)N(C(C)C(=O)N1CCCC1)C(=O)CO2. The van der Waals surface area contributed by atoms with Gasteiger partial charge in [-0.15, -0.1) is 0 Å². The topological polar surface area (TPSA) is 66.9 Å². The van der Waals surface area contributed by atoms with Crippen LogP contribution in [0.25, 0.3) is 0 Å². The van der Waals surface area contributed by atoms with Gasteiger partial charge >= 0.3 is 0 Å². The van der Waals surface area contributed by atoms with Crippen LogP contribution in [0.5, 0.6) is 5.75 Å². The van der Waals surface area contributed by atoms with E-state index in [4.69, 9.17) is 4.74 Å². The molecule has 2 aliphatic rings. The third-order valence-electron chi connectivity index (χ3n) is 4.41. The number of ether oxygens (including phenoxy) is 1. The van der Waals surface area contributed by atoms with E-state index in [2.05, 4.69) is 0 Å². The van der Waals surface area contributed by atoms with Crippen molar-refractivity contribution in [3.05, 3.63) is 23.8 Å². The molecule has 122 valence electrons. The molecule has 1 unspecified atom stereocenters. The molecule has 2 amide bonds. The Morgan fingerprint density at radius 2 is 1.91 bits per heavy atom. The molecular weight excluding hydrogens is 296 g/mol. The summed E-state index contributed by atoms with van der Waals surface area (Å²) in [6, 6.07) is 4.37. The fraction of sp³-hybridized carbons (Fsp3) is 0.471. The van der Waals surface area contributed by atoms with Crippen molar-refractivity contribution in [1.82, 2.24) is 4.90 Å². The molecule has 2 aliphatic heterocycles. The highest BCUT2D eigenvalue weighted by Crippen LogP contribution is 2.35. The van der Waals surface area contributed by atoms with Gasteiger partial charge in [-0.2, -0.15) is 0 Å². The summed E-state index contributed by atoms with van der Waals surface area (Å²) < 4.78 is 5.43. The Morgan fingerprint density at radius 1 is 1.22 bits per heavy atom. The van der Waals surface area contributed by atoms with Crippen molar-refractivity contribution in [2.24, 2.45) is 0 Å². The lowest BCUT2D eigenvalue weighted by Gasteiger charge is -2.35. The molecule has 0 bridgehead atoms. The Balaban J connectivity index is 1.95. The lowest BCUT2D eigenvalue weighted by atomic mass is 10.1. The van der Waals surface area contributed by atoms with Crippen LogP contribution >= 0.6 is 0 Å². The predicted molar refractivity (Wildman–Crippen MR) is 84.7 cm³/mol. The van der Waals surface area contributed by atoms with Crippen LogP contribution in [0.4, 0.5) is 5.69 Å². The Kier molecular flexibility index (Phi) is 4.07. The number of anilines is 1. The van der Waals surface area contributed by atoms with Gasteiger partial charge in [0.2, 0.25) is 5.91 Å². The normalized spacial score (nSPS) is 18.4. The van der Waals surface area contributed by atoms with Crippen molar-refractivity contribution in [1.29, 1.82) is 0 Å².